The number of halogens is 1. The number of hydrogen-bond donors (Lipinski definition) is 3. The molecule has 2 aliphatic carbocycles. The molecule has 4 aliphatic heterocycles. The quantitative estimate of drug-likeness (QED) is 0.282. The molecule has 0 radical (unpaired) electrons. The van der Waals surface area contributed by atoms with Gasteiger partial charge in [-0.3, -0.25) is 29.0 Å². The second-order valence-electron chi connectivity index (χ2n) is 16.9. The molecule has 4 N–H and O–H groups in total. The third kappa shape index (κ3) is 8.25. The van der Waals surface area contributed by atoms with Crippen molar-refractivity contribution in [1.82, 2.24) is 35.1 Å². The average molecular weight is 771 g/mol. The molecule has 3 amide bonds. The predicted octanol–water partition coefficient (Wildman–Crippen LogP) is 2.66. The number of nitrogens with zero attached hydrogens (tertiary/aromatic N) is 5. The van der Waals surface area contributed by atoms with Gasteiger partial charge in [0, 0.05) is 70.7 Å². The van der Waals surface area contributed by atoms with Crippen LogP contribution < -0.4 is 16.6 Å². The van der Waals surface area contributed by atoms with Gasteiger partial charge in [-0.2, -0.15) is 5.10 Å². The molecule has 14 heteroatoms. The van der Waals surface area contributed by atoms with Gasteiger partial charge in [-0.05, 0) is 68.2 Å². The summed E-state index contributed by atoms with van der Waals surface area (Å²) >= 11 is 0. The summed E-state index contributed by atoms with van der Waals surface area (Å²) in [6, 6.07) is 11.2. The Labute approximate surface area is 327 Å². The molecule has 6 fully saturated rings. The maximum atomic E-state index is 15.0. The van der Waals surface area contributed by atoms with E-state index in [1.165, 1.54) is 12.5 Å². The van der Waals surface area contributed by atoms with Crippen LogP contribution in [0.15, 0.2) is 47.3 Å². The number of H-pyrrole nitrogens is 1. The first-order valence-electron chi connectivity index (χ1n) is 20.6. The molecule has 2 saturated carbocycles. The molecule has 1 atom stereocenters. The number of nitrogens with one attached hydrogen (secondary N) is 2. The molecule has 1 aromatic heterocycles. The first kappa shape index (κ1) is 38.6. The van der Waals surface area contributed by atoms with Crippen LogP contribution in [0.1, 0.15) is 79.4 Å². The fourth-order valence-corrected chi connectivity index (χ4v) is 9.66. The SMILES string of the molecule is N[C@@H](C(=O)NC12CCC(CN3CCN(CC(=O)N4CCN(C(=O)c5cc(Cc6n[nH]c(=O)c7ccccc67)ccc5F)CC4)CC3)(CC1)OC2)C1CCCCC1. The largest absolute Gasteiger partial charge is 0.371 e. The fraction of sp³-hybridized carbons (Fsp3) is 0.595. The lowest BCUT2D eigenvalue weighted by Crippen LogP contribution is -2.67. The predicted molar refractivity (Wildman–Crippen MR) is 210 cm³/mol. The van der Waals surface area contributed by atoms with Crippen molar-refractivity contribution in [3.05, 3.63) is 75.5 Å². The number of nitrogens with two attached hydrogens (primary N) is 1. The molecule has 2 bridgehead atoms. The molecule has 56 heavy (non-hydrogen) atoms. The summed E-state index contributed by atoms with van der Waals surface area (Å²) in [5, 5.41) is 11.3. The number of rotatable bonds is 10. The summed E-state index contributed by atoms with van der Waals surface area (Å²) in [4.78, 5) is 60.3. The minimum absolute atomic E-state index is 0.0130. The number of hydrogen-bond acceptors (Lipinski definition) is 9. The van der Waals surface area contributed by atoms with Crippen LogP contribution in [0.4, 0.5) is 4.39 Å². The molecule has 0 spiro atoms. The molecule has 3 aromatic rings. The normalized spacial score (nSPS) is 25.7. The highest BCUT2D eigenvalue weighted by Crippen LogP contribution is 2.44. The Kier molecular flexibility index (Phi) is 11.3. The molecule has 5 heterocycles. The van der Waals surface area contributed by atoms with E-state index in [2.05, 4.69) is 25.3 Å². The number of piperazine rings is 2. The van der Waals surface area contributed by atoms with Crippen molar-refractivity contribution in [3.8, 4) is 0 Å². The topological polar surface area (TPSA) is 157 Å². The Morgan fingerprint density at radius 2 is 1.57 bits per heavy atom. The zero-order valence-electron chi connectivity index (χ0n) is 32.3. The van der Waals surface area contributed by atoms with E-state index in [9.17, 15) is 19.2 Å². The van der Waals surface area contributed by atoms with Gasteiger partial charge in [0.1, 0.15) is 5.82 Å². The fourth-order valence-electron chi connectivity index (χ4n) is 9.66. The number of amides is 3. The standard InChI is InChI=1S/C42H55FN8O5/c43-34-11-10-29(25-35-31-8-4-5-9-32(31)38(53)47-46-35)24-33(34)40(55)51-22-20-50(21-23-51)36(52)26-48-16-18-49(19-17-48)27-42-14-12-41(13-15-42,28-56-42)45-39(54)37(44)30-6-2-1-3-7-30/h4-5,8-11,24,30,37H,1-3,6-7,12-23,25-28,44H2,(H,45,54)(H,47,53)/t37-,41?,42?/m1/s1. The van der Waals surface area contributed by atoms with Crippen LogP contribution >= 0.6 is 0 Å². The molecule has 2 aromatic carbocycles. The number of carbonyl (C=O) groups excluding carboxylic acids is 3. The highest BCUT2D eigenvalue weighted by atomic mass is 19.1. The third-order valence-corrected chi connectivity index (χ3v) is 13.3. The lowest BCUT2D eigenvalue weighted by molar-refractivity contribution is -0.176. The zero-order valence-corrected chi connectivity index (χ0v) is 32.3. The van der Waals surface area contributed by atoms with Gasteiger partial charge >= 0.3 is 0 Å². The summed E-state index contributed by atoms with van der Waals surface area (Å²) in [5.74, 6) is -0.684. The number of fused-ring (bicyclic) bond motifs is 4. The van der Waals surface area contributed by atoms with E-state index in [-0.39, 0.29) is 40.0 Å². The van der Waals surface area contributed by atoms with E-state index >= 15 is 4.39 Å². The summed E-state index contributed by atoms with van der Waals surface area (Å²) < 4.78 is 21.6. The number of ether oxygens (including phenoxy) is 1. The van der Waals surface area contributed by atoms with E-state index in [4.69, 9.17) is 10.5 Å². The second-order valence-corrected chi connectivity index (χ2v) is 16.9. The van der Waals surface area contributed by atoms with Crippen LogP contribution in [-0.4, -0.2) is 137 Å². The van der Waals surface area contributed by atoms with E-state index < -0.39 is 17.8 Å². The number of benzene rings is 2. The maximum absolute atomic E-state index is 15.0. The van der Waals surface area contributed by atoms with Gasteiger partial charge in [0.05, 0.1) is 47.0 Å². The summed E-state index contributed by atoms with van der Waals surface area (Å²) in [7, 11) is 0. The summed E-state index contributed by atoms with van der Waals surface area (Å²) in [5.41, 5.74) is 6.99. The first-order chi connectivity index (χ1) is 27.1. The Bertz CT molecular complexity index is 1960. The monoisotopic (exact) mass is 770 g/mol. The molecule has 4 saturated heterocycles. The summed E-state index contributed by atoms with van der Waals surface area (Å²) in [6.07, 6.45) is 9.64. The van der Waals surface area contributed by atoms with Gasteiger partial charge in [0.2, 0.25) is 11.8 Å². The number of carbonyl (C=O) groups is 3. The van der Waals surface area contributed by atoms with Gasteiger partial charge < -0.3 is 25.6 Å². The lowest BCUT2D eigenvalue weighted by atomic mass is 9.70. The molecule has 13 nitrogen and oxygen atoms in total. The van der Waals surface area contributed by atoms with Crippen molar-refractivity contribution >= 4 is 28.5 Å². The van der Waals surface area contributed by atoms with Crippen molar-refractivity contribution < 1.29 is 23.5 Å². The first-order valence-corrected chi connectivity index (χ1v) is 20.6. The minimum Gasteiger partial charge on any atom is -0.371 e. The Balaban J connectivity index is 0.770. The number of aromatic amines is 1. The molecule has 0 unspecified atom stereocenters. The molecular weight excluding hydrogens is 716 g/mol. The summed E-state index contributed by atoms with van der Waals surface area (Å²) in [6.45, 7) is 6.48. The van der Waals surface area contributed by atoms with Gasteiger partial charge in [0.15, 0.2) is 0 Å². The van der Waals surface area contributed by atoms with Gasteiger partial charge in [-0.25, -0.2) is 9.49 Å². The van der Waals surface area contributed by atoms with Crippen molar-refractivity contribution in [2.45, 2.75) is 81.4 Å². The molecule has 6 aliphatic rings. The van der Waals surface area contributed by atoms with Gasteiger partial charge in [-0.15, -0.1) is 0 Å². The van der Waals surface area contributed by atoms with E-state index in [1.54, 1.807) is 34.1 Å². The van der Waals surface area contributed by atoms with Gasteiger partial charge in [-0.1, -0.05) is 43.5 Å². The Hall–Kier alpha value is -4.24. The maximum Gasteiger partial charge on any atom is 0.272 e. The van der Waals surface area contributed by atoms with Crippen LogP contribution in [0.2, 0.25) is 0 Å². The molecular formula is C42H55FN8O5. The van der Waals surface area contributed by atoms with E-state index in [0.717, 1.165) is 84.1 Å². The van der Waals surface area contributed by atoms with Crippen LogP contribution in [0.3, 0.4) is 0 Å². The lowest BCUT2D eigenvalue weighted by Gasteiger charge is -2.55. The van der Waals surface area contributed by atoms with Crippen molar-refractivity contribution in [3.63, 3.8) is 0 Å². The van der Waals surface area contributed by atoms with Gasteiger partial charge in [0.25, 0.3) is 11.5 Å². The molecule has 300 valence electrons. The van der Waals surface area contributed by atoms with Crippen LogP contribution in [0.25, 0.3) is 10.8 Å². The average Bonchev–Trinajstić information content (AvgIpc) is 3.24. The zero-order chi connectivity index (χ0) is 38.9. The van der Waals surface area contributed by atoms with Crippen molar-refractivity contribution in [2.75, 3.05) is 72.1 Å². The van der Waals surface area contributed by atoms with E-state index in [0.29, 0.717) is 67.8 Å². The van der Waals surface area contributed by atoms with Crippen LogP contribution in [-0.2, 0) is 20.7 Å². The third-order valence-electron chi connectivity index (χ3n) is 13.3. The minimum atomic E-state index is -0.597. The van der Waals surface area contributed by atoms with Crippen LogP contribution in [0, 0.1) is 11.7 Å². The molecule has 9 rings (SSSR count). The highest BCUT2D eigenvalue weighted by molar-refractivity contribution is 5.95. The smallest absolute Gasteiger partial charge is 0.272 e. The Morgan fingerprint density at radius 1 is 0.893 bits per heavy atom. The van der Waals surface area contributed by atoms with Crippen LogP contribution in [0.5, 0.6) is 0 Å². The highest BCUT2D eigenvalue weighted by Gasteiger charge is 2.51. The number of aromatic nitrogens is 2. The van der Waals surface area contributed by atoms with Crippen molar-refractivity contribution in [2.24, 2.45) is 11.7 Å². The Morgan fingerprint density at radius 3 is 2.27 bits per heavy atom. The van der Waals surface area contributed by atoms with Crippen molar-refractivity contribution in [1.29, 1.82) is 0 Å². The van der Waals surface area contributed by atoms with E-state index in [1.807, 2.05) is 12.1 Å². The second kappa shape index (κ2) is 16.3.